The van der Waals surface area contributed by atoms with Crippen LogP contribution in [0.4, 0.5) is 5.69 Å². The second-order valence-corrected chi connectivity index (χ2v) is 3.71. The second-order valence-electron chi connectivity index (χ2n) is 3.71. The van der Waals surface area contributed by atoms with Crippen LogP contribution in [0, 0.1) is 0 Å². The van der Waals surface area contributed by atoms with Crippen LogP contribution in [0.15, 0.2) is 42.0 Å². The van der Waals surface area contributed by atoms with Gasteiger partial charge in [0.1, 0.15) is 6.29 Å². The molecule has 0 bridgehead atoms. The fraction of sp³-hybridized carbons (Fsp3) is 0.143. The lowest BCUT2D eigenvalue weighted by Gasteiger charge is -2.03. The number of benzene rings is 1. The van der Waals surface area contributed by atoms with Crippen LogP contribution in [0.1, 0.15) is 5.56 Å². The van der Waals surface area contributed by atoms with Gasteiger partial charge < -0.3 is 16.2 Å². The van der Waals surface area contributed by atoms with Crippen LogP contribution in [0.2, 0.25) is 0 Å². The van der Waals surface area contributed by atoms with E-state index in [0.717, 1.165) is 5.56 Å². The summed E-state index contributed by atoms with van der Waals surface area (Å²) in [6, 6.07) is 7.07. The van der Waals surface area contributed by atoms with Crippen LogP contribution in [0.5, 0.6) is 0 Å². The summed E-state index contributed by atoms with van der Waals surface area (Å²) in [6.07, 6.45) is 5.43. The molecule has 0 heterocycles. The van der Waals surface area contributed by atoms with Gasteiger partial charge in [-0.25, -0.2) is 0 Å². The van der Waals surface area contributed by atoms with Crippen molar-refractivity contribution in [2.75, 3.05) is 18.5 Å². The molecule has 4 N–H and O–H groups in total. The van der Waals surface area contributed by atoms with Crippen molar-refractivity contribution >= 4 is 24.0 Å². The van der Waals surface area contributed by atoms with Crippen LogP contribution in [-0.2, 0) is 9.59 Å². The fourth-order valence-corrected chi connectivity index (χ4v) is 1.34. The minimum Gasteiger partial charge on any atom is -0.392 e. The van der Waals surface area contributed by atoms with Gasteiger partial charge in [-0.2, -0.15) is 0 Å². The van der Waals surface area contributed by atoms with E-state index in [1.165, 1.54) is 6.08 Å². The summed E-state index contributed by atoms with van der Waals surface area (Å²) in [5.74, 6) is -0.252. The summed E-state index contributed by atoms with van der Waals surface area (Å²) >= 11 is 0. The molecule has 19 heavy (non-hydrogen) atoms. The smallest absolute Gasteiger partial charge is 0.238 e. The van der Waals surface area contributed by atoms with Gasteiger partial charge in [0.25, 0.3) is 0 Å². The number of hydrogen-bond acceptors (Lipinski definition) is 4. The van der Waals surface area contributed by atoms with Crippen LogP contribution in [0.25, 0.3) is 6.08 Å². The molecule has 0 aliphatic heterocycles. The first-order valence-electron chi connectivity index (χ1n) is 5.74. The number of amides is 1. The van der Waals surface area contributed by atoms with E-state index in [9.17, 15) is 9.59 Å². The topological polar surface area (TPSA) is 92.4 Å². The van der Waals surface area contributed by atoms with Gasteiger partial charge in [0.2, 0.25) is 5.91 Å². The van der Waals surface area contributed by atoms with E-state index >= 15 is 0 Å². The monoisotopic (exact) mass is 260 g/mol. The molecule has 5 heteroatoms. The molecule has 1 rings (SSSR count). The van der Waals surface area contributed by atoms with Crippen molar-refractivity contribution in [3.63, 3.8) is 0 Å². The van der Waals surface area contributed by atoms with E-state index < -0.39 is 0 Å². The van der Waals surface area contributed by atoms with E-state index in [2.05, 4.69) is 5.32 Å². The van der Waals surface area contributed by atoms with Gasteiger partial charge in [0.05, 0.1) is 13.2 Å². The third kappa shape index (κ3) is 5.29. The number of aliphatic hydroxyl groups is 1. The van der Waals surface area contributed by atoms with Gasteiger partial charge in [-0.15, -0.1) is 0 Å². The maximum atomic E-state index is 11.1. The molecule has 0 aromatic heterocycles. The quantitative estimate of drug-likeness (QED) is 0.399. The van der Waals surface area contributed by atoms with Crippen LogP contribution < -0.4 is 11.1 Å². The number of carbonyl (C=O) groups is 2. The van der Waals surface area contributed by atoms with E-state index in [1.54, 1.807) is 36.4 Å². The van der Waals surface area contributed by atoms with Crippen molar-refractivity contribution in [3.8, 4) is 0 Å². The number of nitrogens with two attached hydrogens (primary N) is 1. The Balaban J connectivity index is 2.71. The minimum atomic E-state index is -0.252. The number of nitrogens with one attached hydrogen (secondary N) is 1. The number of aldehydes is 1. The summed E-state index contributed by atoms with van der Waals surface area (Å²) in [5, 5.41) is 11.3. The first-order valence-corrected chi connectivity index (χ1v) is 5.74. The molecule has 1 aromatic rings. The lowest BCUT2D eigenvalue weighted by atomic mass is 10.1. The third-order valence-corrected chi connectivity index (χ3v) is 2.31. The Hall–Kier alpha value is -2.24. The van der Waals surface area contributed by atoms with Crippen molar-refractivity contribution in [2.45, 2.75) is 0 Å². The Kier molecular flexibility index (Phi) is 6.21. The highest BCUT2D eigenvalue weighted by atomic mass is 16.2. The zero-order valence-electron chi connectivity index (χ0n) is 10.4. The van der Waals surface area contributed by atoms with Gasteiger partial charge in [0, 0.05) is 11.3 Å². The molecule has 1 aromatic carbocycles. The molecule has 0 fully saturated rings. The number of hydrogen-bond donors (Lipinski definition) is 3. The van der Waals surface area contributed by atoms with Gasteiger partial charge in [0.15, 0.2) is 0 Å². The molecule has 0 unspecified atom stereocenters. The summed E-state index contributed by atoms with van der Waals surface area (Å²) in [5.41, 5.74) is 7.13. The summed E-state index contributed by atoms with van der Waals surface area (Å²) in [6.45, 7) is -0.237. The third-order valence-electron chi connectivity index (χ3n) is 2.31. The maximum Gasteiger partial charge on any atom is 0.238 e. The van der Waals surface area contributed by atoms with E-state index in [0.29, 0.717) is 17.5 Å². The van der Waals surface area contributed by atoms with E-state index in [4.69, 9.17) is 10.8 Å². The van der Waals surface area contributed by atoms with Gasteiger partial charge in [-0.1, -0.05) is 24.3 Å². The normalized spacial score (nSPS) is 11.6. The lowest BCUT2D eigenvalue weighted by Crippen LogP contribution is -2.21. The van der Waals surface area contributed by atoms with Crippen molar-refractivity contribution in [2.24, 2.45) is 5.73 Å². The highest BCUT2D eigenvalue weighted by molar-refractivity contribution is 5.92. The molecule has 0 aliphatic carbocycles. The number of rotatable bonds is 6. The molecule has 1 amide bonds. The summed E-state index contributed by atoms with van der Waals surface area (Å²) < 4.78 is 0. The van der Waals surface area contributed by atoms with Crippen molar-refractivity contribution in [3.05, 3.63) is 47.6 Å². The Morgan fingerprint density at radius 1 is 1.32 bits per heavy atom. The molecular weight excluding hydrogens is 244 g/mol. The van der Waals surface area contributed by atoms with Crippen LogP contribution in [-0.4, -0.2) is 30.5 Å². The zero-order chi connectivity index (χ0) is 14.1. The number of allylic oxidation sites excluding steroid dienone is 2. The zero-order valence-corrected chi connectivity index (χ0v) is 10.4. The van der Waals surface area contributed by atoms with Crippen molar-refractivity contribution < 1.29 is 14.7 Å². The van der Waals surface area contributed by atoms with Gasteiger partial charge >= 0.3 is 0 Å². The summed E-state index contributed by atoms with van der Waals surface area (Å²) in [7, 11) is 0. The predicted molar refractivity (Wildman–Crippen MR) is 74.4 cm³/mol. The molecule has 0 radical (unpaired) electrons. The van der Waals surface area contributed by atoms with E-state index in [-0.39, 0.29) is 19.1 Å². The molecule has 5 nitrogen and oxygen atoms in total. The largest absolute Gasteiger partial charge is 0.392 e. The number of carbonyl (C=O) groups excluding carboxylic acids is 2. The van der Waals surface area contributed by atoms with Crippen LogP contribution >= 0.6 is 0 Å². The summed E-state index contributed by atoms with van der Waals surface area (Å²) in [4.78, 5) is 21.7. The van der Waals surface area contributed by atoms with Crippen LogP contribution in [0.3, 0.4) is 0 Å². The van der Waals surface area contributed by atoms with Crippen molar-refractivity contribution in [1.82, 2.24) is 0 Å². The Labute approximate surface area is 111 Å². The molecule has 100 valence electrons. The fourth-order valence-electron chi connectivity index (χ4n) is 1.34. The standard InChI is InChI=1S/C14H16N2O3/c15-9-14(19)16-13-5-3-11(4-6-13)1-2-12(10-18)7-8-17/h1-7,10,17H,8-9,15H2,(H,16,19)/b2-1+,12-7+. The molecule has 0 saturated heterocycles. The predicted octanol–water partition coefficient (Wildman–Crippen LogP) is 0.715. The maximum absolute atomic E-state index is 11.1. The Morgan fingerprint density at radius 2 is 2.00 bits per heavy atom. The second kappa shape index (κ2) is 7.97. The Morgan fingerprint density at radius 3 is 2.53 bits per heavy atom. The van der Waals surface area contributed by atoms with Crippen molar-refractivity contribution in [1.29, 1.82) is 0 Å². The molecule has 0 saturated carbocycles. The first-order chi connectivity index (χ1) is 9.19. The molecule has 0 atom stereocenters. The number of aliphatic hydroxyl groups excluding tert-OH is 1. The highest BCUT2D eigenvalue weighted by Gasteiger charge is 1.98. The molecular formula is C14H16N2O3. The average Bonchev–Trinajstić information content (AvgIpc) is 2.44. The van der Waals surface area contributed by atoms with E-state index in [1.807, 2.05) is 0 Å². The average molecular weight is 260 g/mol. The highest BCUT2D eigenvalue weighted by Crippen LogP contribution is 2.11. The molecule has 0 spiro atoms. The number of anilines is 1. The van der Waals surface area contributed by atoms with Gasteiger partial charge in [-0.3, -0.25) is 9.59 Å². The van der Waals surface area contributed by atoms with Gasteiger partial charge in [-0.05, 0) is 23.8 Å². The SMILES string of the molecule is NCC(=O)Nc1ccc(/C=C/C(C=O)=C\CO)cc1. The lowest BCUT2D eigenvalue weighted by molar-refractivity contribution is -0.115. The molecule has 0 aliphatic rings. The first kappa shape index (κ1) is 14.8. The minimum absolute atomic E-state index is 0.0592. The Bertz CT molecular complexity index is 490.